The second kappa shape index (κ2) is 5.37. The van der Waals surface area contributed by atoms with Crippen LogP contribution in [0.1, 0.15) is 30.9 Å². The van der Waals surface area contributed by atoms with Crippen LogP contribution >= 0.6 is 11.6 Å². The first-order chi connectivity index (χ1) is 8.20. The zero-order valence-electron chi connectivity index (χ0n) is 10.2. The number of rotatable bonds is 3. The highest BCUT2D eigenvalue weighted by molar-refractivity contribution is 6.31. The molecule has 1 heteroatoms. The van der Waals surface area contributed by atoms with Crippen LogP contribution in [-0.2, 0) is 0 Å². The van der Waals surface area contributed by atoms with Gasteiger partial charge in [0, 0.05) is 10.9 Å². The molecule has 2 aromatic carbocycles. The first-order valence-corrected chi connectivity index (χ1v) is 6.37. The summed E-state index contributed by atoms with van der Waals surface area (Å²) in [7, 11) is 0. The summed E-state index contributed by atoms with van der Waals surface area (Å²) in [5, 5.41) is 0.857. The summed E-state index contributed by atoms with van der Waals surface area (Å²) in [4.78, 5) is 0. The molecule has 88 valence electrons. The average Bonchev–Trinajstić information content (AvgIpc) is 2.33. The Balaban J connectivity index is 2.47. The van der Waals surface area contributed by atoms with Gasteiger partial charge in [0.25, 0.3) is 0 Å². The molecule has 0 aliphatic carbocycles. The minimum atomic E-state index is 0.366. The summed E-state index contributed by atoms with van der Waals surface area (Å²) in [6.07, 6.45) is 0. The molecular weight excluding hydrogens is 228 g/mol. The molecule has 0 nitrogen and oxygen atoms in total. The lowest BCUT2D eigenvalue weighted by Crippen LogP contribution is -2.08. The topological polar surface area (TPSA) is 0 Å². The maximum absolute atomic E-state index is 6.31. The van der Waals surface area contributed by atoms with Gasteiger partial charge in [-0.1, -0.05) is 74.0 Å². The van der Waals surface area contributed by atoms with Crippen LogP contribution < -0.4 is 0 Å². The van der Waals surface area contributed by atoms with Gasteiger partial charge in [-0.05, 0) is 23.1 Å². The van der Waals surface area contributed by atoms with Crippen LogP contribution in [0.3, 0.4) is 0 Å². The van der Waals surface area contributed by atoms with E-state index in [4.69, 9.17) is 11.6 Å². The van der Waals surface area contributed by atoms with Crippen molar-refractivity contribution >= 4 is 11.6 Å². The van der Waals surface area contributed by atoms with Crippen molar-refractivity contribution in [2.75, 3.05) is 0 Å². The largest absolute Gasteiger partial charge is 0.0840 e. The fourth-order valence-corrected chi connectivity index (χ4v) is 2.56. The fraction of sp³-hybridized carbons (Fsp3) is 0.250. The lowest BCUT2D eigenvalue weighted by Gasteiger charge is -2.23. The third kappa shape index (κ3) is 2.70. The van der Waals surface area contributed by atoms with Crippen molar-refractivity contribution in [1.29, 1.82) is 0 Å². The molecule has 2 aromatic rings. The molecule has 0 spiro atoms. The zero-order valence-corrected chi connectivity index (χ0v) is 11.0. The highest BCUT2D eigenvalue weighted by atomic mass is 35.5. The van der Waals surface area contributed by atoms with Crippen molar-refractivity contribution in [3.05, 3.63) is 70.7 Å². The Morgan fingerprint density at radius 1 is 0.824 bits per heavy atom. The molecule has 1 atom stereocenters. The molecule has 0 saturated heterocycles. The van der Waals surface area contributed by atoms with Crippen molar-refractivity contribution < 1.29 is 0 Å². The predicted molar refractivity (Wildman–Crippen MR) is 74.6 cm³/mol. The van der Waals surface area contributed by atoms with E-state index in [0.29, 0.717) is 11.8 Å². The summed E-state index contributed by atoms with van der Waals surface area (Å²) >= 11 is 6.31. The minimum Gasteiger partial charge on any atom is -0.0840 e. The van der Waals surface area contributed by atoms with Gasteiger partial charge in [-0.25, -0.2) is 0 Å². The van der Waals surface area contributed by atoms with E-state index in [9.17, 15) is 0 Å². The molecule has 0 N–H and O–H groups in total. The Morgan fingerprint density at radius 3 is 2.00 bits per heavy atom. The minimum absolute atomic E-state index is 0.366. The van der Waals surface area contributed by atoms with Crippen LogP contribution in [0, 0.1) is 5.92 Å². The fourth-order valence-electron chi connectivity index (χ4n) is 2.31. The molecular formula is C16H17Cl. The first kappa shape index (κ1) is 12.2. The van der Waals surface area contributed by atoms with Crippen molar-refractivity contribution in [2.45, 2.75) is 19.8 Å². The van der Waals surface area contributed by atoms with Gasteiger partial charge in [0.15, 0.2) is 0 Å². The molecule has 0 aliphatic rings. The van der Waals surface area contributed by atoms with E-state index in [0.717, 1.165) is 5.02 Å². The smallest absolute Gasteiger partial charge is 0.0444 e. The van der Waals surface area contributed by atoms with Crippen LogP contribution in [0.15, 0.2) is 54.6 Å². The maximum atomic E-state index is 6.31. The average molecular weight is 245 g/mol. The summed E-state index contributed by atoms with van der Waals surface area (Å²) < 4.78 is 0. The highest BCUT2D eigenvalue weighted by Gasteiger charge is 2.19. The molecule has 0 saturated carbocycles. The van der Waals surface area contributed by atoms with Crippen molar-refractivity contribution in [1.82, 2.24) is 0 Å². The lowest BCUT2D eigenvalue weighted by molar-refractivity contribution is 0.564. The Hall–Kier alpha value is -1.27. The van der Waals surface area contributed by atoms with E-state index < -0.39 is 0 Å². The Morgan fingerprint density at radius 2 is 1.41 bits per heavy atom. The summed E-state index contributed by atoms with van der Waals surface area (Å²) in [6, 6.07) is 18.7. The van der Waals surface area contributed by atoms with Gasteiger partial charge in [0.2, 0.25) is 0 Å². The number of hydrogen-bond acceptors (Lipinski definition) is 0. The van der Waals surface area contributed by atoms with Gasteiger partial charge in [-0.15, -0.1) is 0 Å². The van der Waals surface area contributed by atoms with E-state index in [-0.39, 0.29) is 0 Å². The normalized spacial score (nSPS) is 12.7. The number of hydrogen-bond donors (Lipinski definition) is 0. The Kier molecular flexibility index (Phi) is 3.86. The highest BCUT2D eigenvalue weighted by Crippen LogP contribution is 2.35. The first-order valence-electron chi connectivity index (χ1n) is 5.99. The van der Waals surface area contributed by atoms with E-state index >= 15 is 0 Å². The summed E-state index contributed by atoms with van der Waals surface area (Å²) in [5.74, 6) is 0.891. The lowest BCUT2D eigenvalue weighted by atomic mass is 9.83. The number of halogens is 1. The Labute approximate surface area is 108 Å². The van der Waals surface area contributed by atoms with Gasteiger partial charge in [0.1, 0.15) is 0 Å². The summed E-state index contributed by atoms with van der Waals surface area (Å²) in [5.41, 5.74) is 2.55. The second-order valence-corrected chi connectivity index (χ2v) is 5.06. The van der Waals surface area contributed by atoms with E-state index in [1.54, 1.807) is 0 Å². The van der Waals surface area contributed by atoms with E-state index in [1.165, 1.54) is 11.1 Å². The van der Waals surface area contributed by atoms with Gasteiger partial charge in [0.05, 0.1) is 0 Å². The van der Waals surface area contributed by atoms with Crippen LogP contribution in [0.4, 0.5) is 0 Å². The molecule has 0 fully saturated rings. The molecule has 0 unspecified atom stereocenters. The monoisotopic (exact) mass is 244 g/mol. The van der Waals surface area contributed by atoms with Crippen molar-refractivity contribution in [3.63, 3.8) is 0 Å². The SMILES string of the molecule is CC(C)[C@H](c1ccccc1)c1ccccc1Cl. The zero-order chi connectivity index (χ0) is 12.3. The molecule has 0 aromatic heterocycles. The summed E-state index contributed by atoms with van der Waals surface area (Å²) in [6.45, 7) is 4.47. The third-order valence-corrected chi connectivity index (χ3v) is 3.41. The van der Waals surface area contributed by atoms with E-state index in [2.05, 4.69) is 50.2 Å². The molecule has 0 aliphatic heterocycles. The molecule has 0 radical (unpaired) electrons. The molecule has 0 amide bonds. The van der Waals surface area contributed by atoms with Crippen LogP contribution in [0.2, 0.25) is 5.02 Å². The predicted octanol–water partition coefficient (Wildman–Crippen LogP) is 5.13. The standard InChI is InChI=1S/C16H17Cl/c1-12(2)16(13-8-4-3-5-9-13)14-10-6-7-11-15(14)17/h3-12,16H,1-2H3/t16-/m1/s1. The van der Waals surface area contributed by atoms with Gasteiger partial charge in [-0.2, -0.15) is 0 Å². The molecule has 2 rings (SSSR count). The van der Waals surface area contributed by atoms with Crippen molar-refractivity contribution in [2.24, 2.45) is 5.92 Å². The van der Waals surface area contributed by atoms with Crippen LogP contribution in [-0.4, -0.2) is 0 Å². The van der Waals surface area contributed by atoms with Crippen LogP contribution in [0.5, 0.6) is 0 Å². The van der Waals surface area contributed by atoms with Gasteiger partial charge < -0.3 is 0 Å². The van der Waals surface area contributed by atoms with Crippen molar-refractivity contribution in [3.8, 4) is 0 Å². The molecule has 0 bridgehead atoms. The van der Waals surface area contributed by atoms with E-state index in [1.807, 2.05) is 18.2 Å². The van der Waals surface area contributed by atoms with Crippen LogP contribution in [0.25, 0.3) is 0 Å². The third-order valence-electron chi connectivity index (χ3n) is 3.07. The Bertz CT molecular complexity index is 474. The molecule has 17 heavy (non-hydrogen) atoms. The maximum Gasteiger partial charge on any atom is 0.0444 e. The molecule has 0 heterocycles. The second-order valence-electron chi connectivity index (χ2n) is 4.65. The van der Waals surface area contributed by atoms with Gasteiger partial charge in [-0.3, -0.25) is 0 Å². The van der Waals surface area contributed by atoms with Gasteiger partial charge >= 0.3 is 0 Å². The quantitative estimate of drug-likeness (QED) is 0.702. The number of benzene rings is 2.